The number of non-ortho nitro benzene ring substituents is 1. The van der Waals surface area contributed by atoms with Crippen LogP contribution in [0.4, 0.5) is 11.4 Å². The third-order valence-corrected chi connectivity index (χ3v) is 13.6. The molecule has 12 heteroatoms. The van der Waals surface area contributed by atoms with Crippen LogP contribution in [0.2, 0.25) is 0 Å². The Kier molecular flexibility index (Phi) is 8.57. The molecule has 1 heterocycles. The number of hydrogen-bond donors (Lipinski definition) is 1. The first-order valence-electron chi connectivity index (χ1n) is 17.0. The molecule has 1 saturated carbocycles. The van der Waals surface area contributed by atoms with Crippen LogP contribution in [0, 0.1) is 33.8 Å². The van der Waals surface area contributed by atoms with E-state index in [2.05, 4.69) is 31.9 Å². The standard InChI is InChI=1S/C41H30Br2N2O8/c1-53-31-19-29(35(42)36(43)38(31)48)34-25-16-17-26-33(40(50)44(39(26)49)23-12-14-24(15-13-23)45(51)52)28(25)18-30-37(47)27(21-8-4-2-5-9-21)20-32(46)41(30,34)22-10-6-3-7-11-22/h2-16,19-20,26,28,30,33-34,48H,17-18H2,1H3. The minimum Gasteiger partial charge on any atom is -0.503 e. The highest BCUT2D eigenvalue weighted by Gasteiger charge is 2.66. The molecule has 2 amide bonds. The SMILES string of the molecule is COc1cc(C2C3=CCC4C(=O)N(c5ccc([N+](=O)[O-])cc5)C(=O)C4C3CC3C(=O)C(c4ccccc4)=CC(=O)C32c2ccccc2)c(Br)c(Br)c1O. The van der Waals surface area contributed by atoms with Gasteiger partial charge < -0.3 is 9.84 Å². The Hall–Kier alpha value is -5.20. The summed E-state index contributed by atoms with van der Waals surface area (Å²) in [5.41, 5.74) is 1.34. The Morgan fingerprint density at radius 1 is 0.887 bits per heavy atom. The Morgan fingerprint density at radius 2 is 1.55 bits per heavy atom. The molecule has 6 unspecified atom stereocenters. The summed E-state index contributed by atoms with van der Waals surface area (Å²) in [5.74, 6) is -5.53. The number of halogens is 2. The lowest BCUT2D eigenvalue weighted by molar-refractivity contribution is -0.384. The van der Waals surface area contributed by atoms with Crippen molar-refractivity contribution >= 4 is 72.2 Å². The molecule has 0 bridgehead atoms. The van der Waals surface area contributed by atoms with Gasteiger partial charge in [0, 0.05) is 34.0 Å². The van der Waals surface area contributed by atoms with E-state index in [0.717, 1.165) is 10.5 Å². The maximum Gasteiger partial charge on any atom is 0.269 e. The number of benzene rings is 4. The predicted molar refractivity (Wildman–Crippen MR) is 202 cm³/mol. The van der Waals surface area contributed by atoms with Crippen molar-refractivity contribution in [1.82, 2.24) is 0 Å². The summed E-state index contributed by atoms with van der Waals surface area (Å²) in [6.45, 7) is 0. The fourth-order valence-electron chi connectivity index (χ4n) is 9.17. The summed E-state index contributed by atoms with van der Waals surface area (Å²) >= 11 is 7.21. The van der Waals surface area contributed by atoms with Crippen molar-refractivity contribution in [1.29, 1.82) is 0 Å². The molecular formula is C41H30Br2N2O8. The Labute approximate surface area is 320 Å². The zero-order valence-electron chi connectivity index (χ0n) is 28.1. The van der Waals surface area contributed by atoms with Gasteiger partial charge in [-0.25, -0.2) is 0 Å². The number of ether oxygens (including phenoxy) is 1. The van der Waals surface area contributed by atoms with E-state index in [-0.39, 0.29) is 57.3 Å². The van der Waals surface area contributed by atoms with E-state index in [0.29, 0.717) is 21.2 Å². The highest BCUT2D eigenvalue weighted by Crippen LogP contribution is 2.65. The van der Waals surface area contributed by atoms with Crippen LogP contribution in [0.5, 0.6) is 11.5 Å². The number of nitro benzene ring substituents is 1. The maximum absolute atomic E-state index is 15.3. The average molecular weight is 839 g/mol. The van der Waals surface area contributed by atoms with Gasteiger partial charge in [0.25, 0.3) is 5.69 Å². The molecule has 8 rings (SSSR count). The minimum absolute atomic E-state index is 0.105. The molecule has 266 valence electrons. The molecule has 1 N–H and O–H groups in total. The number of amides is 2. The van der Waals surface area contributed by atoms with Crippen molar-refractivity contribution in [3.05, 3.63) is 144 Å². The normalized spacial score (nSPS) is 26.3. The van der Waals surface area contributed by atoms with E-state index in [1.54, 1.807) is 30.3 Å². The number of imide groups is 1. The monoisotopic (exact) mass is 836 g/mol. The number of methoxy groups -OCH3 is 1. The van der Waals surface area contributed by atoms with Crippen molar-refractivity contribution in [2.24, 2.45) is 23.7 Å². The van der Waals surface area contributed by atoms with Crippen molar-refractivity contribution in [3.63, 3.8) is 0 Å². The van der Waals surface area contributed by atoms with Gasteiger partial charge in [0.2, 0.25) is 11.8 Å². The number of carbonyl (C=O) groups is 4. The zero-order chi connectivity index (χ0) is 37.3. The Bertz CT molecular complexity index is 2310. The van der Waals surface area contributed by atoms with E-state index in [9.17, 15) is 24.8 Å². The molecule has 1 saturated heterocycles. The average Bonchev–Trinajstić information content (AvgIpc) is 3.44. The van der Waals surface area contributed by atoms with Crippen LogP contribution < -0.4 is 9.64 Å². The second kappa shape index (κ2) is 13.0. The van der Waals surface area contributed by atoms with Gasteiger partial charge in [0.1, 0.15) is 0 Å². The number of ketones is 2. The summed E-state index contributed by atoms with van der Waals surface area (Å²) in [6.07, 6.45) is 3.68. The van der Waals surface area contributed by atoms with Gasteiger partial charge in [0.15, 0.2) is 23.1 Å². The first-order valence-corrected chi connectivity index (χ1v) is 18.6. The fourth-order valence-corrected chi connectivity index (χ4v) is 10.1. The number of hydrogen-bond acceptors (Lipinski definition) is 8. The number of aromatic hydroxyl groups is 1. The minimum atomic E-state index is -1.49. The maximum atomic E-state index is 15.3. The first kappa shape index (κ1) is 34.9. The molecule has 2 fully saturated rings. The zero-order valence-corrected chi connectivity index (χ0v) is 31.2. The number of Topliss-reactive ketones (excluding diaryl/α,β-unsaturated/α-hetero) is 1. The van der Waals surface area contributed by atoms with E-state index in [1.165, 1.54) is 37.5 Å². The summed E-state index contributed by atoms with van der Waals surface area (Å²) in [7, 11) is 1.42. The number of phenolic OH excluding ortho intramolecular Hbond substituents is 1. The lowest BCUT2D eigenvalue weighted by Crippen LogP contribution is -2.59. The molecule has 0 aromatic heterocycles. The smallest absolute Gasteiger partial charge is 0.269 e. The van der Waals surface area contributed by atoms with Crippen molar-refractivity contribution in [2.45, 2.75) is 24.2 Å². The third kappa shape index (κ3) is 5.09. The number of phenols is 1. The van der Waals surface area contributed by atoms with Crippen LogP contribution in [0.3, 0.4) is 0 Å². The van der Waals surface area contributed by atoms with Crippen LogP contribution in [-0.4, -0.2) is 40.5 Å². The summed E-state index contributed by atoms with van der Waals surface area (Å²) in [5, 5.41) is 22.4. The number of carbonyl (C=O) groups excluding carboxylic acids is 4. The van der Waals surface area contributed by atoms with E-state index >= 15 is 9.59 Å². The molecule has 4 aromatic carbocycles. The van der Waals surface area contributed by atoms with E-state index in [4.69, 9.17) is 4.74 Å². The summed E-state index contributed by atoms with van der Waals surface area (Å²) in [4.78, 5) is 71.0. The lowest BCUT2D eigenvalue weighted by atomic mass is 9.44. The first-order chi connectivity index (χ1) is 25.5. The van der Waals surface area contributed by atoms with Crippen LogP contribution in [0.25, 0.3) is 5.57 Å². The molecule has 3 aliphatic carbocycles. The lowest BCUT2D eigenvalue weighted by Gasteiger charge is -2.55. The number of nitrogens with zero attached hydrogens (tertiary/aromatic N) is 2. The second-order valence-corrected chi connectivity index (χ2v) is 15.3. The van der Waals surface area contributed by atoms with Crippen molar-refractivity contribution < 1.29 is 33.9 Å². The predicted octanol–water partition coefficient (Wildman–Crippen LogP) is 7.86. The molecule has 10 nitrogen and oxygen atoms in total. The molecule has 0 spiro atoms. The van der Waals surface area contributed by atoms with Crippen LogP contribution in [0.1, 0.15) is 35.4 Å². The number of allylic oxidation sites excluding steroid dienone is 4. The molecule has 4 aromatic rings. The van der Waals surface area contributed by atoms with Crippen molar-refractivity contribution in [2.75, 3.05) is 12.0 Å². The topological polar surface area (TPSA) is 144 Å². The highest BCUT2D eigenvalue weighted by atomic mass is 79.9. The summed E-state index contributed by atoms with van der Waals surface area (Å²) in [6, 6.07) is 25.1. The number of nitro groups is 1. The van der Waals surface area contributed by atoms with Gasteiger partial charge >= 0.3 is 0 Å². The van der Waals surface area contributed by atoms with E-state index in [1.807, 2.05) is 42.5 Å². The van der Waals surface area contributed by atoms with Gasteiger partial charge in [-0.2, -0.15) is 0 Å². The molecule has 53 heavy (non-hydrogen) atoms. The Balaban J connectivity index is 1.37. The van der Waals surface area contributed by atoms with Crippen LogP contribution in [-0.2, 0) is 24.6 Å². The van der Waals surface area contributed by atoms with Crippen LogP contribution in [0.15, 0.2) is 118 Å². The van der Waals surface area contributed by atoms with Gasteiger partial charge in [-0.3, -0.25) is 34.2 Å². The molecule has 0 radical (unpaired) electrons. The molecular weight excluding hydrogens is 808 g/mol. The van der Waals surface area contributed by atoms with Crippen molar-refractivity contribution in [3.8, 4) is 11.5 Å². The number of anilines is 1. The molecule has 1 aliphatic heterocycles. The Morgan fingerprint density at radius 3 is 2.19 bits per heavy atom. The highest BCUT2D eigenvalue weighted by molar-refractivity contribution is 9.13. The number of rotatable bonds is 6. The quantitative estimate of drug-likeness (QED) is 0.0895. The fraction of sp³-hybridized carbons (Fsp3) is 0.220. The van der Waals surface area contributed by atoms with Crippen LogP contribution >= 0.6 is 31.9 Å². The second-order valence-electron chi connectivity index (χ2n) is 13.7. The largest absolute Gasteiger partial charge is 0.503 e. The van der Waals surface area contributed by atoms with Gasteiger partial charge in [-0.1, -0.05) is 72.3 Å². The molecule has 4 aliphatic rings. The number of fused-ring (bicyclic) bond motifs is 4. The van der Waals surface area contributed by atoms with Gasteiger partial charge in [0.05, 0.1) is 39.4 Å². The van der Waals surface area contributed by atoms with Gasteiger partial charge in [-0.15, -0.1) is 0 Å². The summed E-state index contributed by atoms with van der Waals surface area (Å²) < 4.78 is 6.33. The van der Waals surface area contributed by atoms with E-state index < -0.39 is 51.7 Å². The molecule has 6 atom stereocenters. The van der Waals surface area contributed by atoms with Gasteiger partial charge in [-0.05, 0) is 91.6 Å². The third-order valence-electron chi connectivity index (χ3n) is 11.4.